The highest BCUT2D eigenvalue weighted by atomic mass is 32.1. The molecule has 0 amide bonds. The van der Waals surface area contributed by atoms with Gasteiger partial charge in [0.2, 0.25) is 0 Å². The second-order valence-electron chi connectivity index (χ2n) is 13.4. The predicted molar refractivity (Wildman–Crippen MR) is 222 cm³/mol. The zero-order valence-electron chi connectivity index (χ0n) is 28.6. The summed E-state index contributed by atoms with van der Waals surface area (Å²) in [5.74, 6) is 0.892. The SMILES string of the molecule is FC(c1cccc(-c2ccccn2)c1)c1cccc(N2c3ccccc3[Si](c3ccccc3)(c3ccccc3)c3c2ncc2sc4ccccc4c32)c1. The lowest BCUT2D eigenvalue weighted by atomic mass is 9.99. The fourth-order valence-corrected chi connectivity index (χ4v) is 14.7. The molecule has 0 saturated heterocycles. The minimum Gasteiger partial charge on any atom is -0.295 e. The van der Waals surface area contributed by atoms with Gasteiger partial charge in [-0.25, -0.2) is 9.37 Å². The van der Waals surface area contributed by atoms with E-state index in [9.17, 15) is 0 Å². The molecule has 252 valence electrons. The standard InChI is InChI=1S/C47H32FN3SSi/c48-45(33-16-13-15-32(29-33)39-24-11-12-28-49-39)34-17-14-18-35(30-34)51-40-25-8-10-27-43(40)53(36-19-3-1-4-20-36,37-21-5-2-6-22-37)46-44-38-23-7-9-26-41(38)52-42(44)31-50-47(46)51/h1-31,45H. The fraction of sp³-hybridized carbons (Fsp3) is 0.0213. The molecule has 0 N–H and O–H groups in total. The summed E-state index contributed by atoms with van der Waals surface area (Å²) in [5.41, 5.74) is 4.82. The van der Waals surface area contributed by atoms with Gasteiger partial charge in [0.05, 0.1) is 10.4 Å². The van der Waals surface area contributed by atoms with E-state index in [-0.39, 0.29) is 0 Å². The van der Waals surface area contributed by atoms with Crippen LogP contribution in [0.4, 0.5) is 21.6 Å². The zero-order chi connectivity index (χ0) is 35.4. The van der Waals surface area contributed by atoms with E-state index in [2.05, 4.69) is 125 Å². The molecule has 3 nitrogen and oxygen atoms in total. The Balaban J connectivity index is 1.24. The topological polar surface area (TPSA) is 29.0 Å². The summed E-state index contributed by atoms with van der Waals surface area (Å²) in [6.07, 6.45) is 2.47. The van der Waals surface area contributed by atoms with E-state index in [1.807, 2.05) is 66.9 Å². The highest BCUT2D eigenvalue weighted by molar-refractivity contribution is 7.28. The lowest BCUT2D eigenvalue weighted by Gasteiger charge is -2.44. The molecule has 1 unspecified atom stereocenters. The minimum atomic E-state index is -3.00. The molecule has 3 aromatic heterocycles. The number of benzene rings is 6. The molecule has 4 heterocycles. The zero-order valence-corrected chi connectivity index (χ0v) is 30.4. The van der Waals surface area contributed by atoms with Crippen LogP contribution in [0.5, 0.6) is 0 Å². The molecule has 10 rings (SSSR count). The first-order chi connectivity index (χ1) is 26.2. The Bertz CT molecular complexity index is 2730. The Hall–Kier alpha value is -6.21. The van der Waals surface area contributed by atoms with Crippen molar-refractivity contribution < 1.29 is 4.39 Å². The van der Waals surface area contributed by atoms with E-state index in [0.717, 1.165) is 28.5 Å². The molecule has 6 heteroatoms. The van der Waals surface area contributed by atoms with Gasteiger partial charge in [0.25, 0.3) is 0 Å². The van der Waals surface area contributed by atoms with Crippen molar-refractivity contribution in [1.82, 2.24) is 9.97 Å². The molecule has 0 aliphatic carbocycles. The van der Waals surface area contributed by atoms with Gasteiger partial charge in [-0.15, -0.1) is 11.3 Å². The van der Waals surface area contributed by atoms with Crippen LogP contribution in [0.1, 0.15) is 17.3 Å². The molecule has 0 spiro atoms. The van der Waals surface area contributed by atoms with Crippen molar-refractivity contribution in [3.63, 3.8) is 0 Å². The number of aromatic nitrogens is 2. The maximum Gasteiger partial charge on any atom is 0.187 e. The normalized spacial score (nSPS) is 13.8. The monoisotopic (exact) mass is 717 g/mol. The van der Waals surface area contributed by atoms with Gasteiger partial charge in [-0.05, 0) is 69.2 Å². The summed E-state index contributed by atoms with van der Waals surface area (Å²) in [6.45, 7) is 0. The number of rotatable bonds is 6. The van der Waals surface area contributed by atoms with Crippen LogP contribution in [0.15, 0.2) is 188 Å². The molecular formula is C47H32FN3SSi. The van der Waals surface area contributed by atoms with Crippen LogP contribution < -0.4 is 25.6 Å². The van der Waals surface area contributed by atoms with Crippen LogP contribution in [0.2, 0.25) is 0 Å². The Morgan fingerprint density at radius 1 is 0.585 bits per heavy atom. The van der Waals surface area contributed by atoms with Crippen molar-refractivity contribution in [3.05, 3.63) is 199 Å². The summed E-state index contributed by atoms with van der Waals surface area (Å²) < 4.78 is 19.2. The lowest BCUT2D eigenvalue weighted by molar-refractivity contribution is 0.402. The van der Waals surface area contributed by atoms with Crippen LogP contribution in [-0.2, 0) is 0 Å². The van der Waals surface area contributed by atoms with Gasteiger partial charge in [-0.1, -0.05) is 133 Å². The van der Waals surface area contributed by atoms with Crippen molar-refractivity contribution in [2.45, 2.75) is 6.17 Å². The Morgan fingerprint density at radius 3 is 2.04 bits per heavy atom. The number of pyridine rings is 2. The van der Waals surface area contributed by atoms with Gasteiger partial charge in [-0.2, -0.15) is 0 Å². The molecule has 0 fully saturated rings. The highest BCUT2D eigenvalue weighted by Gasteiger charge is 2.51. The maximum atomic E-state index is 16.8. The van der Waals surface area contributed by atoms with Gasteiger partial charge >= 0.3 is 0 Å². The van der Waals surface area contributed by atoms with E-state index in [1.54, 1.807) is 17.5 Å². The number of nitrogens with zero attached hydrogens (tertiary/aromatic N) is 3. The largest absolute Gasteiger partial charge is 0.295 e. The van der Waals surface area contributed by atoms with Crippen molar-refractivity contribution in [2.75, 3.05) is 4.90 Å². The number of fused-ring (bicyclic) bond motifs is 6. The van der Waals surface area contributed by atoms with Crippen LogP contribution in [0, 0.1) is 0 Å². The number of thiophene rings is 1. The highest BCUT2D eigenvalue weighted by Crippen LogP contribution is 2.43. The van der Waals surface area contributed by atoms with Crippen LogP contribution in [-0.4, -0.2) is 18.0 Å². The summed E-state index contributed by atoms with van der Waals surface area (Å²) in [6, 6.07) is 60.9. The summed E-state index contributed by atoms with van der Waals surface area (Å²) in [7, 11) is -3.00. The number of halogens is 1. The molecule has 9 aromatic rings. The molecule has 1 aliphatic heterocycles. The first-order valence-electron chi connectivity index (χ1n) is 17.8. The summed E-state index contributed by atoms with van der Waals surface area (Å²) in [5, 5.41) is 7.62. The number of para-hydroxylation sites is 1. The Morgan fingerprint density at radius 2 is 1.26 bits per heavy atom. The Labute approximate surface area is 312 Å². The summed E-state index contributed by atoms with van der Waals surface area (Å²) in [4.78, 5) is 12.2. The molecular weight excluding hydrogens is 686 g/mol. The van der Waals surface area contributed by atoms with Gasteiger partial charge in [0.1, 0.15) is 5.82 Å². The molecule has 1 aliphatic rings. The second-order valence-corrected chi connectivity index (χ2v) is 18.2. The van der Waals surface area contributed by atoms with Gasteiger partial charge in [-0.3, -0.25) is 9.88 Å². The second kappa shape index (κ2) is 12.8. The van der Waals surface area contributed by atoms with Gasteiger partial charge in [0.15, 0.2) is 14.2 Å². The number of anilines is 3. The van der Waals surface area contributed by atoms with Crippen LogP contribution in [0.25, 0.3) is 31.4 Å². The third-order valence-corrected chi connectivity index (χ3v) is 16.5. The van der Waals surface area contributed by atoms with Crippen molar-refractivity contribution >= 4 is 77.5 Å². The number of hydrogen-bond acceptors (Lipinski definition) is 4. The van der Waals surface area contributed by atoms with E-state index < -0.39 is 14.2 Å². The number of hydrogen-bond donors (Lipinski definition) is 0. The minimum absolute atomic E-state index is 0.585. The third kappa shape index (κ3) is 4.98. The summed E-state index contributed by atoms with van der Waals surface area (Å²) >= 11 is 1.79. The maximum absolute atomic E-state index is 16.8. The molecule has 0 bridgehead atoms. The smallest absolute Gasteiger partial charge is 0.187 e. The van der Waals surface area contributed by atoms with Gasteiger partial charge < -0.3 is 0 Å². The average Bonchev–Trinajstić information content (AvgIpc) is 3.62. The average molecular weight is 718 g/mol. The van der Waals surface area contributed by atoms with Crippen molar-refractivity contribution in [3.8, 4) is 11.3 Å². The Kier molecular flexibility index (Phi) is 7.60. The van der Waals surface area contributed by atoms with Gasteiger partial charge in [0, 0.05) is 50.0 Å². The number of alkyl halides is 1. The first-order valence-corrected chi connectivity index (χ1v) is 20.6. The van der Waals surface area contributed by atoms with Crippen molar-refractivity contribution in [2.24, 2.45) is 0 Å². The molecule has 0 saturated carbocycles. The molecule has 6 aromatic carbocycles. The molecule has 0 radical (unpaired) electrons. The predicted octanol–water partition coefficient (Wildman–Crippen LogP) is 9.73. The van der Waals surface area contributed by atoms with E-state index >= 15 is 4.39 Å². The first kappa shape index (κ1) is 31.5. The fourth-order valence-electron chi connectivity index (χ4n) is 8.28. The molecule has 1 atom stereocenters. The van der Waals surface area contributed by atoms with E-state index in [0.29, 0.717) is 11.1 Å². The van der Waals surface area contributed by atoms with Crippen molar-refractivity contribution in [1.29, 1.82) is 0 Å². The lowest BCUT2D eigenvalue weighted by Crippen LogP contribution is -2.77. The van der Waals surface area contributed by atoms with Crippen LogP contribution in [0.3, 0.4) is 0 Å². The van der Waals surface area contributed by atoms with Crippen LogP contribution >= 0.6 is 11.3 Å². The molecule has 53 heavy (non-hydrogen) atoms. The van der Waals surface area contributed by atoms with E-state index in [1.165, 1.54) is 40.9 Å². The quantitative estimate of drug-likeness (QED) is 0.161. The third-order valence-electron chi connectivity index (χ3n) is 10.5. The van der Waals surface area contributed by atoms with E-state index in [4.69, 9.17) is 4.98 Å².